The van der Waals surface area contributed by atoms with E-state index in [1.807, 2.05) is 55.4 Å². The number of sulfone groups is 1. The third kappa shape index (κ3) is 6.22. The van der Waals surface area contributed by atoms with Crippen molar-refractivity contribution in [1.29, 1.82) is 0 Å². The zero-order valence-electron chi connectivity index (χ0n) is 19.7. The van der Waals surface area contributed by atoms with Crippen molar-refractivity contribution >= 4 is 27.5 Å². The number of hydrogen-bond donors (Lipinski definition) is 0. The fourth-order valence-electron chi connectivity index (χ4n) is 3.86. The van der Waals surface area contributed by atoms with E-state index in [0.717, 1.165) is 16.8 Å². The van der Waals surface area contributed by atoms with Crippen LogP contribution in [0.1, 0.15) is 43.9 Å². The number of benzene rings is 2. The van der Waals surface area contributed by atoms with E-state index in [1.165, 1.54) is 5.56 Å². The molecular formula is C26H34N2O3S. The Balaban J connectivity index is 1.79. The van der Waals surface area contributed by atoms with Gasteiger partial charge in [0.1, 0.15) is 0 Å². The van der Waals surface area contributed by atoms with Crippen LogP contribution in [-0.4, -0.2) is 50.9 Å². The van der Waals surface area contributed by atoms with Crippen molar-refractivity contribution < 1.29 is 13.2 Å². The van der Waals surface area contributed by atoms with Gasteiger partial charge in [-0.1, -0.05) is 57.2 Å². The van der Waals surface area contributed by atoms with E-state index < -0.39 is 9.84 Å². The van der Waals surface area contributed by atoms with Crippen molar-refractivity contribution in [3.8, 4) is 0 Å². The smallest absolute Gasteiger partial charge is 0.247 e. The van der Waals surface area contributed by atoms with Crippen LogP contribution in [0.4, 0.5) is 5.69 Å². The maximum absolute atomic E-state index is 13.2. The molecule has 2 aromatic carbocycles. The average Bonchev–Trinajstić information content (AvgIpc) is 3.09. The Hall–Kier alpha value is -2.60. The zero-order chi connectivity index (χ0) is 23.5. The molecule has 1 fully saturated rings. The number of carbonyl (C=O) groups is 1. The van der Waals surface area contributed by atoms with E-state index in [1.54, 1.807) is 17.1 Å². The van der Waals surface area contributed by atoms with E-state index in [-0.39, 0.29) is 28.9 Å². The minimum Gasteiger partial charge on any atom is -0.378 e. The molecule has 1 heterocycles. The lowest BCUT2D eigenvalue weighted by Gasteiger charge is -2.27. The Morgan fingerprint density at radius 3 is 2.16 bits per heavy atom. The van der Waals surface area contributed by atoms with Crippen LogP contribution in [0.25, 0.3) is 6.08 Å². The second-order valence-electron chi connectivity index (χ2n) is 9.79. The van der Waals surface area contributed by atoms with Gasteiger partial charge in [0.15, 0.2) is 9.84 Å². The van der Waals surface area contributed by atoms with Gasteiger partial charge in [0, 0.05) is 38.4 Å². The first kappa shape index (κ1) is 24.1. The molecule has 1 atom stereocenters. The van der Waals surface area contributed by atoms with Crippen molar-refractivity contribution in [3.05, 3.63) is 71.3 Å². The summed E-state index contributed by atoms with van der Waals surface area (Å²) in [6, 6.07) is 15.9. The van der Waals surface area contributed by atoms with Crippen LogP contribution in [0.2, 0.25) is 0 Å². The predicted octanol–water partition coefficient (Wildman–Crippen LogP) is 4.28. The molecule has 0 saturated carbocycles. The van der Waals surface area contributed by atoms with E-state index in [2.05, 4.69) is 32.9 Å². The lowest BCUT2D eigenvalue weighted by atomic mass is 9.87. The molecule has 0 N–H and O–H groups in total. The quantitative estimate of drug-likeness (QED) is 0.612. The van der Waals surface area contributed by atoms with Crippen LogP contribution in [0.15, 0.2) is 54.6 Å². The molecule has 1 aliphatic heterocycles. The molecule has 0 spiro atoms. The Kier molecular flexibility index (Phi) is 7.13. The first-order valence-electron chi connectivity index (χ1n) is 11.0. The molecule has 0 aliphatic carbocycles. The summed E-state index contributed by atoms with van der Waals surface area (Å²) < 4.78 is 24.1. The first-order chi connectivity index (χ1) is 14.9. The highest BCUT2D eigenvalue weighted by Gasteiger charge is 2.34. The van der Waals surface area contributed by atoms with Gasteiger partial charge in [0.2, 0.25) is 5.91 Å². The normalized spacial score (nSPS) is 18.1. The Labute approximate surface area is 192 Å². The van der Waals surface area contributed by atoms with E-state index in [4.69, 9.17) is 0 Å². The number of rotatable bonds is 6. The molecule has 3 rings (SSSR count). The first-order valence-corrected chi connectivity index (χ1v) is 12.8. The molecule has 32 heavy (non-hydrogen) atoms. The Morgan fingerprint density at radius 1 is 1.03 bits per heavy atom. The Bertz CT molecular complexity index is 1060. The SMILES string of the molecule is CN(C)c1ccc(CN(C(=O)/C=C/c2ccc(C(C)(C)C)cc2)C2CCS(=O)(=O)C2)cc1. The lowest BCUT2D eigenvalue weighted by molar-refractivity contribution is -0.128. The number of amides is 1. The molecule has 1 aliphatic rings. The van der Waals surface area contributed by atoms with Crippen LogP contribution < -0.4 is 4.90 Å². The van der Waals surface area contributed by atoms with Gasteiger partial charge in [-0.25, -0.2) is 8.42 Å². The van der Waals surface area contributed by atoms with Crippen molar-refractivity contribution in [3.63, 3.8) is 0 Å². The minimum atomic E-state index is -3.09. The van der Waals surface area contributed by atoms with Gasteiger partial charge in [-0.05, 0) is 46.7 Å². The second kappa shape index (κ2) is 9.49. The van der Waals surface area contributed by atoms with E-state index in [0.29, 0.717) is 13.0 Å². The van der Waals surface area contributed by atoms with Gasteiger partial charge in [-0.15, -0.1) is 0 Å². The maximum atomic E-state index is 13.2. The van der Waals surface area contributed by atoms with Crippen LogP contribution >= 0.6 is 0 Å². The molecule has 2 aromatic rings. The van der Waals surface area contributed by atoms with E-state index >= 15 is 0 Å². The molecule has 0 radical (unpaired) electrons. The van der Waals surface area contributed by atoms with Crippen molar-refractivity contribution in [2.45, 2.75) is 45.2 Å². The molecule has 1 saturated heterocycles. The highest BCUT2D eigenvalue weighted by Crippen LogP contribution is 2.24. The zero-order valence-corrected chi connectivity index (χ0v) is 20.5. The highest BCUT2D eigenvalue weighted by atomic mass is 32.2. The van der Waals surface area contributed by atoms with E-state index in [9.17, 15) is 13.2 Å². The molecular weight excluding hydrogens is 420 g/mol. The molecule has 172 valence electrons. The summed E-state index contributed by atoms with van der Waals surface area (Å²) in [5, 5.41) is 0. The Morgan fingerprint density at radius 2 is 1.66 bits per heavy atom. The molecule has 5 nitrogen and oxygen atoms in total. The summed E-state index contributed by atoms with van der Waals surface area (Å²) >= 11 is 0. The van der Waals surface area contributed by atoms with Crippen LogP contribution in [0, 0.1) is 0 Å². The second-order valence-corrected chi connectivity index (χ2v) is 12.0. The van der Waals surface area contributed by atoms with Crippen LogP contribution in [-0.2, 0) is 26.6 Å². The number of anilines is 1. The van der Waals surface area contributed by atoms with Crippen LogP contribution in [0.5, 0.6) is 0 Å². The predicted molar refractivity (Wildman–Crippen MR) is 133 cm³/mol. The number of hydrogen-bond acceptors (Lipinski definition) is 4. The van der Waals surface area contributed by atoms with Gasteiger partial charge in [-0.3, -0.25) is 4.79 Å². The fourth-order valence-corrected chi connectivity index (χ4v) is 5.59. The van der Waals surface area contributed by atoms with Crippen molar-refractivity contribution in [2.75, 3.05) is 30.5 Å². The van der Waals surface area contributed by atoms with Gasteiger partial charge in [0.25, 0.3) is 0 Å². The highest BCUT2D eigenvalue weighted by molar-refractivity contribution is 7.91. The van der Waals surface area contributed by atoms with Crippen molar-refractivity contribution in [1.82, 2.24) is 4.90 Å². The number of carbonyl (C=O) groups excluding carboxylic acids is 1. The molecule has 6 heteroatoms. The summed E-state index contributed by atoms with van der Waals surface area (Å²) in [5.74, 6) is 0.00503. The van der Waals surface area contributed by atoms with Gasteiger partial charge in [-0.2, -0.15) is 0 Å². The number of nitrogens with zero attached hydrogens (tertiary/aromatic N) is 2. The van der Waals surface area contributed by atoms with Gasteiger partial charge >= 0.3 is 0 Å². The molecule has 0 aromatic heterocycles. The molecule has 1 amide bonds. The average molecular weight is 455 g/mol. The largest absolute Gasteiger partial charge is 0.378 e. The van der Waals surface area contributed by atoms with Gasteiger partial charge < -0.3 is 9.80 Å². The topological polar surface area (TPSA) is 57.7 Å². The van der Waals surface area contributed by atoms with Crippen LogP contribution in [0.3, 0.4) is 0 Å². The molecule has 1 unspecified atom stereocenters. The molecule has 0 bridgehead atoms. The summed E-state index contributed by atoms with van der Waals surface area (Å²) in [6.45, 7) is 6.89. The lowest BCUT2D eigenvalue weighted by Crippen LogP contribution is -2.39. The standard InChI is InChI=1S/C26H34N2O3S/c1-26(2,3)22-11-6-20(7-12-22)10-15-25(29)28(24-16-17-32(30,31)19-24)18-21-8-13-23(14-9-21)27(4)5/h6-15,24H,16-19H2,1-5H3/b15-10+. The maximum Gasteiger partial charge on any atom is 0.247 e. The van der Waals surface area contributed by atoms with Crippen molar-refractivity contribution in [2.24, 2.45) is 0 Å². The van der Waals surface area contributed by atoms with Gasteiger partial charge in [0.05, 0.1) is 11.5 Å². The third-order valence-electron chi connectivity index (χ3n) is 5.93. The summed E-state index contributed by atoms with van der Waals surface area (Å²) in [6.07, 6.45) is 3.85. The summed E-state index contributed by atoms with van der Waals surface area (Å²) in [7, 11) is 0.864. The summed E-state index contributed by atoms with van der Waals surface area (Å²) in [5.41, 5.74) is 4.32. The fraction of sp³-hybridized carbons (Fsp3) is 0.423. The minimum absolute atomic E-state index is 0.0304. The summed E-state index contributed by atoms with van der Waals surface area (Å²) in [4.78, 5) is 16.9. The monoisotopic (exact) mass is 454 g/mol. The third-order valence-corrected chi connectivity index (χ3v) is 7.68.